The summed E-state index contributed by atoms with van der Waals surface area (Å²) in [6.07, 6.45) is -0.217. The van der Waals surface area contributed by atoms with Crippen LogP contribution in [0, 0.1) is 0 Å². The summed E-state index contributed by atoms with van der Waals surface area (Å²) < 4.78 is 10.5. The quantitative estimate of drug-likeness (QED) is 0.472. The number of hydrazine groups is 2. The lowest BCUT2D eigenvalue weighted by Crippen LogP contribution is -2.40. The van der Waals surface area contributed by atoms with E-state index < -0.39 is 5.97 Å². The molecule has 0 saturated heterocycles. The number of hydrogen-bond acceptors (Lipinski definition) is 6. The van der Waals surface area contributed by atoms with Gasteiger partial charge in [0.25, 0.3) is 0 Å². The van der Waals surface area contributed by atoms with Gasteiger partial charge >= 0.3 is 5.97 Å². The summed E-state index contributed by atoms with van der Waals surface area (Å²) in [6.45, 7) is 7.54. The number of esters is 1. The predicted octanol–water partition coefficient (Wildman–Crippen LogP) is 2.14. The van der Waals surface area contributed by atoms with Crippen LogP contribution in [0.5, 0.6) is 0 Å². The molecular weight excluding hydrogens is 258 g/mol. The Morgan fingerprint density at radius 3 is 2.45 bits per heavy atom. The van der Waals surface area contributed by atoms with Crippen LogP contribution in [0.4, 0.5) is 11.4 Å². The lowest BCUT2D eigenvalue weighted by Gasteiger charge is -2.24. The molecule has 0 fully saturated rings. The number of hydrogen-bond donors (Lipinski definition) is 2. The van der Waals surface area contributed by atoms with E-state index >= 15 is 0 Å². The fourth-order valence-electron chi connectivity index (χ4n) is 1.70. The molecule has 1 heterocycles. The van der Waals surface area contributed by atoms with E-state index in [1.54, 1.807) is 12.0 Å². The number of fused-ring (bicyclic) bond motifs is 1. The average Bonchev–Trinajstić information content (AvgIpc) is 2.86. The highest BCUT2D eigenvalue weighted by molar-refractivity contribution is 5.86. The van der Waals surface area contributed by atoms with Crippen molar-refractivity contribution in [2.75, 3.05) is 24.1 Å². The van der Waals surface area contributed by atoms with Crippen LogP contribution in [-0.2, 0) is 14.3 Å². The molecule has 2 N–H and O–H groups in total. The molecule has 1 unspecified atom stereocenters. The first-order chi connectivity index (χ1) is 9.58. The molecule has 0 aliphatic carbocycles. The van der Waals surface area contributed by atoms with E-state index in [4.69, 9.17) is 9.47 Å². The number of carbonyl (C=O) groups excluding carboxylic acids is 1. The second kappa shape index (κ2) is 6.40. The van der Waals surface area contributed by atoms with Crippen molar-refractivity contribution in [2.24, 2.45) is 0 Å². The Kier molecular flexibility index (Phi) is 4.60. The van der Waals surface area contributed by atoms with Crippen molar-refractivity contribution in [2.45, 2.75) is 20.1 Å². The molecule has 20 heavy (non-hydrogen) atoms. The number of para-hydroxylation sites is 2. The maximum absolute atomic E-state index is 11.2. The van der Waals surface area contributed by atoms with Gasteiger partial charge in [-0.1, -0.05) is 18.7 Å². The number of nitrogens with zero attached hydrogens (tertiary/aromatic N) is 1. The zero-order valence-electron chi connectivity index (χ0n) is 11.7. The Balaban J connectivity index is 1.71. The Morgan fingerprint density at radius 2 is 1.90 bits per heavy atom. The first-order valence-corrected chi connectivity index (χ1v) is 6.43. The first kappa shape index (κ1) is 14.4. The number of carbonyl (C=O) groups is 1. The minimum atomic E-state index is -0.397. The van der Waals surface area contributed by atoms with Crippen molar-refractivity contribution in [1.82, 2.24) is 5.12 Å². The summed E-state index contributed by atoms with van der Waals surface area (Å²) in [7, 11) is 0. The van der Waals surface area contributed by atoms with Gasteiger partial charge in [-0.05, 0) is 26.0 Å². The van der Waals surface area contributed by atoms with E-state index in [1.807, 2.05) is 31.2 Å². The lowest BCUT2D eigenvalue weighted by atomic mass is 10.3. The summed E-state index contributed by atoms with van der Waals surface area (Å²) in [6, 6.07) is 7.87. The predicted molar refractivity (Wildman–Crippen MR) is 76.7 cm³/mol. The third-order valence-electron chi connectivity index (χ3n) is 2.80. The van der Waals surface area contributed by atoms with Crippen LogP contribution in [-0.4, -0.2) is 30.5 Å². The van der Waals surface area contributed by atoms with Crippen molar-refractivity contribution in [1.29, 1.82) is 0 Å². The van der Waals surface area contributed by atoms with Gasteiger partial charge in [-0.25, -0.2) is 4.79 Å². The number of rotatable bonds is 6. The molecule has 108 valence electrons. The van der Waals surface area contributed by atoms with E-state index in [0.29, 0.717) is 12.2 Å². The zero-order chi connectivity index (χ0) is 14.5. The van der Waals surface area contributed by atoms with Gasteiger partial charge < -0.3 is 9.47 Å². The molecule has 1 aliphatic heterocycles. The molecule has 0 aromatic heterocycles. The molecule has 1 atom stereocenters. The molecule has 0 bridgehead atoms. The molecule has 6 nitrogen and oxygen atoms in total. The van der Waals surface area contributed by atoms with Gasteiger partial charge in [-0.3, -0.25) is 10.9 Å². The normalized spacial score (nSPS) is 14.9. The third kappa shape index (κ3) is 3.49. The van der Waals surface area contributed by atoms with Crippen LogP contribution >= 0.6 is 0 Å². The number of anilines is 2. The molecule has 1 aromatic rings. The zero-order valence-corrected chi connectivity index (χ0v) is 11.7. The van der Waals surface area contributed by atoms with Gasteiger partial charge in [0.1, 0.15) is 12.8 Å². The van der Waals surface area contributed by atoms with Crippen LogP contribution in [0.3, 0.4) is 0 Å². The SMILES string of the molecule is C=C(C)C(=O)OCCOC(C)N1Nc2ccccc2N1. The molecule has 1 aromatic carbocycles. The Hall–Kier alpha value is -2.05. The molecule has 1 aliphatic rings. The molecule has 0 saturated carbocycles. The molecular formula is C14H19N3O3. The minimum Gasteiger partial charge on any atom is -0.460 e. The van der Waals surface area contributed by atoms with Crippen LogP contribution in [0.15, 0.2) is 36.4 Å². The van der Waals surface area contributed by atoms with Gasteiger partial charge in [-0.15, -0.1) is 5.12 Å². The summed E-state index contributed by atoms with van der Waals surface area (Å²) in [4.78, 5) is 11.2. The average molecular weight is 277 g/mol. The lowest BCUT2D eigenvalue weighted by molar-refractivity contribution is -0.142. The fraction of sp³-hybridized carbons (Fsp3) is 0.357. The Morgan fingerprint density at radius 1 is 1.30 bits per heavy atom. The monoisotopic (exact) mass is 277 g/mol. The molecule has 6 heteroatoms. The third-order valence-corrected chi connectivity index (χ3v) is 2.80. The first-order valence-electron chi connectivity index (χ1n) is 6.43. The highest BCUT2D eigenvalue weighted by Gasteiger charge is 2.22. The van der Waals surface area contributed by atoms with Gasteiger partial charge in [0.05, 0.1) is 18.0 Å². The van der Waals surface area contributed by atoms with Crippen LogP contribution in [0.2, 0.25) is 0 Å². The van der Waals surface area contributed by atoms with Gasteiger partial charge in [-0.2, -0.15) is 0 Å². The van der Waals surface area contributed by atoms with E-state index in [9.17, 15) is 4.79 Å². The minimum absolute atomic E-state index is 0.205. The van der Waals surface area contributed by atoms with E-state index in [2.05, 4.69) is 17.4 Å². The second-order valence-electron chi connectivity index (χ2n) is 4.53. The largest absolute Gasteiger partial charge is 0.460 e. The van der Waals surface area contributed by atoms with Gasteiger partial charge in [0.2, 0.25) is 0 Å². The molecule has 0 spiro atoms. The fourth-order valence-corrected chi connectivity index (χ4v) is 1.70. The maximum Gasteiger partial charge on any atom is 0.333 e. The van der Waals surface area contributed by atoms with Crippen molar-refractivity contribution < 1.29 is 14.3 Å². The maximum atomic E-state index is 11.2. The van der Waals surface area contributed by atoms with E-state index in [1.165, 1.54) is 0 Å². The van der Waals surface area contributed by atoms with Crippen LogP contribution in [0.25, 0.3) is 0 Å². The smallest absolute Gasteiger partial charge is 0.333 e. The van der Waals surface area contributed by atoms with Gasteiger partial charge in [0.15, 0.2) is 0 Å². The standard InChI is InChI=1S/C14H19N3O3/c1-10(2)14(18)20-9-8-19-11(3)17-15-12-6-4-5-7-13(12)16-17/h4-7,11,15-16H,1,8-9H2,2-3H3. The summed E-state index contributed by atoms with van der Waals surface area (Å²) in [5.74, 6) is -0.397. The van der Waals surface area contributed by atoms with Crippen molar-refractivity contribution in [3.63, 3.8) is 0 Å². The Labute approximate surface area is 118 Å². The molecule has 0 radical (unpaired) electrons. The number of nitrogens with one attached hydrogen (secondary N) is 2. The topological polar surface area (TPSA) is 62.8 Å². The highest BCUT2D eigenvalue weighted by atomic mass is 16.6. The molecule has 0 amide bonds. The van der Waals surface area contributed by atoms with E-state index in [-0.39, 0.29) is 12.8 Å². The van der Waals surface area contributed by atoms with E-state index in [0.717, 1.165) is 11.4 Å². The molecule has 2 rings (SSSR count). The second-order valence-corrected chi connectivity index (χ2v) is 4.53. The summed E-state index contributed by atoms with van der Waals surface area (Å²) in [5, 5.41) is 1.76. The highest BCUT2D eigenvalue weighted by Crippen LogP contribution is 2.28. The van der Waals surface area contributed by atoms with Crippen molar-refractivity contribution in [3.8, 4) is 0 Å². The van der Waals surface area contributed by atoms with Crippen LogP contribution in [0.1, 0.15) is 13.8 Å². The number of benzene rings is 1. The van der Waals surface area contributed by atoms with Crippen molar-refractivity contribution >= 4 is 17.3 Å². The summed E-state index contributed by atoms with van der Waals surface area (Å²) in [5.41, 5.74) is 8.73. The summed E-state index contributed by atoms with van der Waals surface area (Å²) >= 11 is 0. The van der Waals surface area contributed by atoms with Gasteiger partial charge in [0, 0.05) is 5.57 Å². The number of ether oxygens (including phenoxy) is 2. The Bertz CT molecular complexity index is 479. The van der Waals surface area contributed by atoms with Crippen LogP contribution < -0.4 is 10.9 Å². The van der Waals surface area contributed by atoms with Crippen molar-refractivity contribution in [3.05, 3.63) is 36.4 Å².